The highest BCUT2D eigenvalue weighted by molar-refractivity contribution is 6.30. The number of hydrogen-bond acceptors (Lipinski definition) is 6. The SMILES string of the molecule is COc1cc(C=NNC(=O)C(Oc2ccccc2)Oc2ccccc2)ccc1OCc1ccc(Cl)cc1. The summed E-state index contributed by atoms with van der Waals surface area (Å²) in [7, 11) is 1.56. The van der Waals surface area contributed by atoms with Crippen molar-refractivity contribution in [2.45, 2.75) is 12.9 Å². The molecular weight excluding hydrogens is 492 g/mol. The minimum absolute atomic E-state index is 0.362. The quantitative estimate of drug-likeness (QED) is 0.153. The first kappa shape index (κ1) is 25.6. The Morgan fingerprint density at radius 3 is 2.08 bits per heavy atom. The van der Waals surface area contributed by atoms with Crippen molar-refractivity contribution in [3.8, 4) is 23.0 Å². The number of nitrogens with zero attached hydrogens (tertiary/aromatic N) is 1. The van der Waals surface area contributed by atoms with Gasteiger partial charge in [0.2, 0.25) is 0 Å². The van der Waals surface area contributed by atoms with Crippen molar-refractivity contribution >= 4 is 23.7 Å². The Bertz CT molecular complexity index is 1270. The number of methoxy groups -OCH3 is 1. The van der Waals surface area contributed by atoms with Crippen molar-refractivity contribution in [2.75, 3.05) is 7.11 Å². The molecule has 0 heterocycles. The van der Waals surface area contributed by atoms with Gasteiger partial charge in [-0.2, -0.15) is 5.10 Å². The van der Waals surface area contributed by atoms with Crippen LogP contribution in [0.1, 0.15) is 11.1 Å². The molecule has 0 aliphatic carbocycles. The summed E-state index contributed by atoms with van der Waals surface area (Å²) >= 11 is 5.93. The predicted octanol–water partition coefficient (Wildman–Crippen LogP) is 5.86. The molecular formula is C29H25ClN2O5. The fourth-order valence-corrected chi connectivity index (χ4v) is 3.35. The third-order valence-corrected chi connectivity index (χ3v) is 5.32. The molecule has 0 fully saturated rings. The van der Waals surface area contributed by atoms with Gasteiger partial charge in [-0.3, -0.25) is 4.79 Å². The van der Waals surface area contributed by atoms with E-state index in [4.69, 9.17) is 30.5 Å². The summed E-state index contributed by atoms with van der Waals surface area (Å²) in [4.78, 5) is 12.8. The Morgan fingerprint density at radius 2 is 1.49 bits per heavy atom. The smallest absolute Gasteiger partial charge is 0.323 e. The van der Waals surface area contributed by atoms with Crippen LogP contribution in [0, 0.1) is 0 Å². The highest BCUT2D eigenvalue weighted by Gasteiger charge is 2.22. The molecule has 188 valence electrons. The van der Waals surface area contributed by atoms with E-state index in [1.165, 1.54) is 6.21 Å². The van der Waals surface area contributed by atoms with Crippen LogP contribution >= 0.6 is 11.6 Å². The van der Waals surface area contributed by atoms with Crippen LogP contribution in [0.15, 0.2) is 108 Å². The Hall–Kier alpha value is -4.49. The van der Waals surface area contributed by atoms with Gasteiger partial charge >= 0.3 is 12.2 Å². The van der Waals surface area contributed by atoms with Gasteiger partial charge in [0.05, 0.1) is 13.3 Å². The van der Waals surface area contributed by atoms with Crippen LogP contribution in [0.2, 0.25) is 5.02 Å². The largest absolute Gasteiger partial charge is 0.493 e. The molecule has 0 aliphatic heterocycles. The molecule has 0 bridgehead atoms. The van der Waals surface area contributed by atoms with Gasteiger partial charge < -0.3 is 18.9 Å². The fourth-order valence-electron chi connectivity index (χ4n) is 3.22. The van der Waals surface area contributed by atoms with Crippen molar-refractivity contribution in [3.63, 3.8) is 0 Å². The van der Waals surface area contributed by atoms with E-state index in [2.05, 4.69) is 10.5 Å². The zero-order valence-electron chi connectivity index (χ0n) is 20.0. The summed E-state index contributed by atoms with van der Waals surface area (Å²) < 4.78 is 22.8. The number of carbonyl (C=O) groups is 1. The molecule has 4 aromatic rings. The molecule has 0 saturated carbocycles. The molecule has 0 atom stereocenters. The number of hydrogen-bond donors (Lipinski definition) is 1. The van der Waals surface area contributed by atoms with Crippen LogP contribution in [0.5, 0.6) is 23.0 Å². The summed E-state index contributed by atoms with van der Waals surface area (Å²) in [5.41, 5.74) is 4.14. The molecule has 4 rings (SSSR count). The van der Waals surface area contributed by atoms with Gasteiger partial charge in [-0.25, -0.2) is 5.43 Å². The Balaban J connectivity index is 1.39. The summed E-state index contributed by atoms with van der Waals surface area (Å²) in [6.07, 6.45) is 0.242. The fraction of sp³-hybridized carbons (Fsp3) is 0.103. The second-order valence-corrected chi connectivity index (χ2v) is 8.19. The van der Waals surface area contributed by atoms with Crippen LogP contribution in [-0.4, -0.2) is 25.5 Å². The molecule has 0 saturated heterocycles. The predicted molar refractivity (Wildman–Crippen MR) is 142 cm³/mol. The van der Waals surface area contributed by atoms with E-state index in [1.54, 1.807) is 73.8 Å². The lowest BCUT2D eigenvalue weighted by molar-refractivity contribution is -0.140. The molecule has 0 aliphatic rings. The van der Waals surface area contributed by atoms with Gasteiger partial charge in [-0.05, 0) is 65.7 Å². The number of amides is 1. The molecule has 8 heteroatoms. The lowest BCUT2D eigenvalue weighted by Gasteiger charge is -2.18. The van der Waals surface area contributed by atoms with E-state index in [-0.39, 0.29) is 0 Å². The van der Waals surface area contributed by atoms with E-state index >= 15 is 0 Å². The minimum Gasteiger partial charge on any atom is -0.493 e. The maximum atomic E-state index is 12.8. The molecule has 0 aromatic heterocycles. The van der Waals surface area contributed by atoms with Gasteiger partial charge in [-0.15, -0.1) is 0 Å². The van der Waals surface area contributed by atoms with Crippen molar-refractivity contribution in [2.24, 2.45) is 5.10 Å². The van der Waals surface area contributed by atoms with Crippen LogP contribution in [-0.2, 0) is 11.4 Å². The number of benzene rings is 4. The monoisotopic (exact) mass is 516 g/mol. The first-order valence-corrected chi connectivity index (χ1v) is 11.8. The summed E-state index contributed by atoms with van der Waals surface area (Å²) in [6, 6.07) is 30.6. The number of carbonyl (C=O) groups excluding carboxylic acids is 1. The summed E-state index contributed by atoms with van der Waals surface area (Å²) in [5, 5.41) is 4.73. The zero-order valence-corrected chi connectivity index (χ0v) is 20.8. The second kappa shape index (κ2) is 13.0. The van der Waals surface area contributed by atoms with E-state index < -0.39 is 12.2 Å². The van der Waals surface area contributed by atoms with Crippen molar-refractivity contribution in [1.82, 2.24) is 5.43 Å². The van der Waals surface area contributed by atoms with E-state index in [0.29, 0.717) is 40.2 Å². The molecule has 0 spiro atoms. The lowest BCUT2D eigenvalue weighted by Crippen LogP contribution is -2.40. The van der Waals surface area contributed by atoms with Gasteiger partial charge in [0.25, 0.3) is 0 Å². The molecule has 1 amide bonds. The molecule has 7 nitrogen and oxygen atoms in total. The maximum absolute atomic E-state index is 12.8. The van der Waals surface area contributed by atoms with Gasteiger partial charge in [0.15, 0.2) is 11.5 Å². The average molecular weight is 517 g/mol. The molecule has 0 radical (unpaired) electrons. The van der Waals surface area contributed by atoms with E-state index in [0.717, 1.165) is 5.56 Å². The van der Waals surface area contributed by atoms with E-state index in [1.807, 2.05) is 36.4 Å². The number of halogens is 1. The van der Waals surface area contributed by atoms with Crippen LogP contribution in [0.4, 0.5) is 0 Å². The third-order valence-electron chi connectivity index (χ3n) is 5.07. The molecule has 1 N–H and O–H groups in total. The number of nitrogens with one attached hydrogen (secondary N) is 1. The lowest BCUT2D eigenvalue weighted by atomic mass is 10.2. The summed E-state index contributed by atoms with van der Waals surface area (Å²) in [6.45, 7) is 0.362. The third kappa shape index (κ3) is 7.75. The normalized spacial score (nSPS) is 10.8. The maximum Gasteiger partial charge on any atom is 0.323 e. The number of ether oxygens (including phenoxy) is 4. The molecule has 4 aromatic carbocycles. The Kier molecular flexibility index (Phi) is 8.99. The summed E-state index contributed by atoms with van der Waals surface area (Å²) in [5.74, 6) is 1.51. The van der Waals surface area contributed by atoms with Crippen LogP contribution in [0.3, 0.4) is 0 Å². The molecule has 37 heavy (non-hydrogen) atoms. The van der Waals surface area contributed by atoms with Crippen molar-refractivity contribution < 1.29 is 23.7 Å². The van der Waals surface area contributed by atoms with Crippen LogP contribution in [0.25, 0.3) is 0 Å². The van der Waals surface area contributed by atoms with Gasteiger partial charge in [0, 0.05) is 5.02 Å². The minimum atomic E-state index is -1.25. The highest BCUT2D eigenvalue weighted by Crippen LogP contribution is 2.28. The Labute approximate surface area is 220 Å². The second-order valence-electron chi connectivity index (χ2n) is 7.75. The van der Waals surface area contributed by atoms with Gasteiger partial charge in [-0.1, -0.05) is 60.1 Å². The van der Waals surface area contributed by atoms with Crippen molar-refractivity contribution in [1.29, 1.82) is 0 Å². The van der Waals surface area contributed by atoms with Crippen LogP contribution < -0.4 is 24.4 Å². The standard InChI is InChI=1S/C29H25ClN2O5/c1-34-27-18-22(14-17-26(27)35-20-21-12-15-23(30)16-13-21)19-31-32-28(33)29(36-24-8-4-2-5-9-24)37-25-10-6-3-7-11-25/h2-19,29H,20H2,1H3,(H,32,33). The number of hydrazone groups is 1. The van der Waals surface area contributed by atoms with Gasteiger partial charge in [0.1, 0.15) is 18.1 Å². The highest BCUT2D eigenvalue weighted by atomic mass is 35.5. The average Bonchev–Trinajstić information content (AvgIpc) is 2.94. The zero-order chi connectivity index (χ0) is 25.9. The number of para-hydroxylation sites is 2. The van der Waals surface area contributed by atoms with E-state index in [9.17, 15) is 4.79 Å². The first-order chi connectivity index (χ1) is 18.1. The van der Waals surface area contributed by atoms with Crippen molar-refractivity contribution in [3.05, 3.63) is 119 Å². The first-order valence-electron chi connectivity index (χ1n) is 11.4. The topological polar surface area (TPSA) is 78.4 Å². The molecule has 0 unspecified atom stereocenters. The number of rotatable bonds is 11. The Morgan fingerprint density at radius 1 is 0.865 bits per heavy atom.